The molecule has 94 valence electrons. The molecule has 0 amide bonds. The molecule has 0 aliphatic rings. The van der Waals surface area contributed by atoms with Crippen molar-refractivity contribution in [3.05, 3.63) is 41.0 Å². The molecular formula is C15H17NO2. The topological polar surface area (TPSA) is 50.1 Å². The number of nitriles is 1. The van der Waals surface area contributed by atoms with Gasteiger partial charge < -0.3 is 4.74 Å². The monoisotopic (exact) mass is 243 g/mol. The Morgan fingerprint density at radius 1 is 1.39 bits per heavy atom. The number of ether oxygens (including phenoxy) is 1. The number of carbonyl (C=O) groups excluding carboxylic acids is 1. The number of hydrogen-bond donors (Lipinski definition) is 0. The van der Waals surface area contributed by atoms with Crippen molar-refractivity contribution >= 4 is 12.0 Å². The largest absolute Gasteiger partial charge is 0.457 e. The van der Waals surface area contributed by atoms with Gasteiger partial charge in [-0.15, -0.1) is 0 Å². The van der Waals surface area contributed by atoms with Gasteiger partial charge in [-0.05, 0) is 57.0 Å². The Morgan fingerprint density at radius 2 is 2.06 bits per heavy atom. The second-order valence-electron chi connectivity index (χ2n) is 5.05. The summed E-state index contributed by atoms with van der Waals surface area (Å²) in [6, 6.07) is 7.40. The number of benzene rings is 1. The van der Waals surface area contributed by atoms with Crippen LogP contribution < -0.4 is 0 Å². The molecule has 0 N–H and O–H groups in total. The zero-order valence-corrected chi connectivity index (χ0v) is 11.2. The van der Waals surface area contributed by atoms with Gasteiger partial charge in [0.2, 0.25) is 0 Å². The zero-order chi connectivity index (χ0) is 13.8. The van der Waals surface area contributed by atoms with E-state index in [0.29, 0.717) is 5.56 Å². The van der Waals surface area contributed by atoms with E-state index in [1.165, 1.54) is 6.08 Å². The van der Waals surface area contributed by atoms with Crippen molar-refractivity contribution in [2.75, 3.05) is 0 Å². The third-order valence-electron chi connectivity index (χ3n) is 2.20. The van der Waals surface area contributed by atoms with E-state index < -0.39 is 5.60 Å². The molecule has 0 heterocycles. The standard InChI is InChI=1S/C15H17NO2/c1-11-9-12(10-16)5-6-13(11)7-8-14(17)18-15(2,3)4/h5-9H,1-4H3/b8-7+. The van der Waals surface area contributed by atoms with Crippen LogP contribution in [0.3, 0.4) is 0 Å². The normalized spacial score (nSPS) is 11.3. The van der Waals surface area contributed by atoms with Crippen LogP contribution in [0.25, 0.3) is 6.08 Å². The lowest BCUT2D eigenvalue weighted by Crippen LogP contribution is -2.22. The molecule has 0 saturated carbocycles. The van der Waals surface area contributed by atoms with Gasteiger partial charge in [0.25, 0.3) is 0 Å². The highest BCUT2D eigenvalue weighted by Gasteiger charge is 2.13. The number of aryl methyl sites for hydroxylation is 1. The summed E-state index contributed by atoms with van der Waals surface area (Å²) in [5.74, 6) is -0.369. The van der Waals surface area contributed by atoms with Crippen LogP contribution in [0, 0.1) is 18.3 Å². The van der Waals surface area contributed by atoms with Crippen molar-refractivity contribution in [3.8, 4) is 6.07 Å². The summed E-state index contributed by atoms with van der Waals surface area (Å²) in [5, 5.41) is 8.76. The van der Waals surface area contributed by atoms with Crippen molar-refractivity contribution in [1.29, 1.82) is 5.26 Å². The molecule has 0 aliphatic carbocycles. The van der Waals surface area contributed by atoms with E-state index in [9.17, 15) is 4.79 Å². The summed E-state index contributed by atoms with van der Waals surface area (Å²) in [7, 11) is 0. The minimum absolute atomic E-state index is 0.369. The fourth-order valence-corrected chi connectivity index (χ4v) is 1.43. The van der Waals surface area contributed by atoms with E-state index in [0.717, 1.165) is 11.1 Å². The van der Waals surface area contributed by atoms with E-state index in [1.807, 2.05) is 33.8 Å². The molecule has 1 aromatic rings. The van der Waals surface area contributed by atoms with Gasteiger partial charge in [-0.3, -0.25) is 0 Å². The molecule has 0 bridgehead atoms. The maximum Gasteiger partial charge on any atom is 0.331 e. The molecule has 0 radical (unpaired) electrons. The molecule has 0 aromatic heterocycles. The predicted octanol–water partition coefficient (Wildman–Crippen LogP) is 3.22. The van der Waals surface area contributed by atoms with E-state index in [-0.39, 0.29) is 5.97 Å². The van der Waals surface area contributed by atoms with Gasteiger partial charge in [0, 0.05) is 6.08 Å². The minimum Gasteiger partial charge on any atom is -0.457 e. The smallest absolute Gasteiger partial charge is 0.331 e. The summed E-state index contributed by atoms with van der Waals surface area (Å²) in [6.45, 7) is 7.37. The first-order chi connectivity index (χ1) is 8.31. The molecule has 0 aliphatic heterocycles. The van der Waals surface area contributed by atoms with Crippen LogP contribution >= 0.6 is 0 Å². The van der Waals surface area contributed by atoms with Gasteiger partial charge in [-0.25, -0.2) is 4.79 Å². The molecular weight excluding hydrogens is 226 g/mol. The fraction of sp³-hybridized carbons (Fsp3) is 0.333. The third kappa shape index (κ3) is 4.42. The van der Waals surface area contributed by atoms with Crippen LogP contribution in [-0.2, 0) is 9.53 Å². The van der Waals surface area contributed by atoms with Crippen LogP contribution in [0.2, 0.25) is 0 Å². The van der Waals surface area contributed by atoms with Crippen molar-refractivity contribution in [2.45, 2.75) is 33.3 Å². The van der Waals surface area contributed by atoms with Gasteiger partial charge in [0.15, 0.2) is 0 Å². The van der Waals surface area contributed by atoms with Gasteiger partial charge in [0.1, 0.15) is 5.60 Å². The number of nitrogens with zero attached hydrogens (tertiary/aromatic N) is 1. The predicted molar refractivity (Wildman–Crippen MR) is 70.8 cm³/mol. The van der Waals surface area contributed by atoms with Crippen LogP contribution in [0.4, 0.5) is 0 Å². The van der Waals surface area contributed by atoms with Crippen molar-refractivity contribution in [2.24, 2.45) is 0 Å². The molecule has 3 nitrogen and oxygen atoms in total. The van der Waals surface area contributed by atoms with E-state index in [4.69, 9.17) is 10.00 Å². The fourth-order valence-electron chi connectivity index (χ4n) is 1.43. The Hall–Kier alpha value is -2.08. The Balaban J connectivity index is 2.80. The second-order valence-corrected chi connectivity index (χ2v) is 5.05. The Morgan fingerprint density at radius 3 is 2.56 bits per heavy atom. The number of hydrogen-bond acceptors (Lipinski definition) is 3. The van der Waals surface area contributed by atoms with E-state index >= 15 is 0 Å². The molecule has 1 aromatic carbocycles. The SMILES string of the molecule is Cc1cc(C#N)ccc1/C=C/C(=O)OC(C)(C)C. The number of rotatable bonds is 2. The summed E-state index contributed by atoms with van der Waals surface area (Å²) < 4.78 is 5.17. The van der Waals surface area contributed by atoms with Crippen LogP contribution in [0.15, 0.2) is 24.3 Å². The molecule has 0 atom stereocenters. The Bertz CT molecular complexity index is 516. The number of carbonyl (C=O) groups is 1. The molecule has 0 fully saturated rings. The molecule has 3 heteroatoms. The van der Waals surface area contributed by atoms with Crippen LogP contribution in [0.1, 0.15) is 37.5 Å². The maximum atomic E-state index is 11.5. The zero-order valence-electron chi connectivity index (χ0n) is 11.2. The average Bonchev–Trinajstić information content (AvgIpc) is 2.25. The van der Waals surface area contributed by atoms with Crippen molar-refractivity contribution in [1.82, 2.24) is 0 Å². The van der Waals surface area contributed by atoms with Crippen molar-refractivity contribution in [3.63, 3.8) is 0 Å². The molecule has 1 rings (SSSR count). The average molecular weight is 243 g/mol. The third-order valence-corrected chi connectivity index (χ3v) is 2.20. The summed E-state index contributed by atoms with van der Waals surface area (Å²) >= 11 is 0. The van der Waals surface area contributed by atoms with Gasteiger partial charge in [-0.1, -0.05) is 6.07 Å². The highest BCUT2D eigenvalue weighted by molar-refractivity contribution is 5.87. The molecule has 18 heavy (non-hydrogen) atoms. The molecule has 0 spiro atoms. The maximum absolute atomic E-state index is 11.5. The first-order valence-corrected chi connectivity index (χ1v) is 5.73. The second kappa shape index (κ2) is 5.50. The highest BCUT2D eigenvalue weighted by atomic mass is 16.6. The van der Waals surface area contributed by atoms with Crippen LogP contribution in [-0.4, -0.2) is 11.6 Å². The highest BCUT2D eigenvalue weighted by Crippen LogP contribution is 2.13. The lowest BCUT2D eigenvalue weighted by atomic mass is 10.1. The summed E-state index contributed by atoms with van der Waals surface area (Å²) in [5.41, 5.74) is 1.98. The lowest BCUT2D eigenvalue weighted by Gasteiger charge is -2.17. The van der Waals surface area contributed by atoms with Crippen LogP contribution in [0.5, 0.6) is 0 Å². The quantitative estimate of drug-likeness (QED) is 0.592. The Kier molecular flexibility index (Phi) is 4.28. The van der Waals surface area contributed by atoms with Gasteiger partial charge in [-0.2, -0.15) is 5.26 Å². The first kappa shape index (κ1) is 14.0. The molecule has 0 unspecified atom stereocenters. The van der Waals surface area contributed by atoms with E-state index in [2.05, 4.69) is 6.07 Å². The Labute approximate surface area is 108 Å². The van der Waals surface area contributed by atoms with Crippen molar-refractivity contribution < 1.29 is 9.53 Å². The first-order valence-electron chi connectivity index (χ1n) is 5.73. The summed E-state index contributed by atoms with van der Waals surface area (Å²) in [4.78, 5) is 11.5. The minimum atomic E-state index is -0.485. The lowest BCUT2D eigenvalue weighted by molar-refractivity contribution is -0.148. The van der Waals surface area contributed by atoms with E-state index in [1.54, 1.807) is 18.2 Å². The van der Waals surface area contributed by atoms with Gasteiger partial charge >= 0.3 is 5.97 Å². The number of esters is 1. The van der Waals surface area contributed by atoms with Gasteiger partial charge in [0.05, 0.1) is 11.6 Å². The molecule has 0 saturated heterocycles. The summed E-state index contributed by atoms with van der Waals surface area (Å²) in [6.07, 6.45) is 3.10.